The van der Waals surface area contributed by atoms with Crippen molar-refractivity contribution in [2.45, 2.75) is 18.2 Å². The molecule has 0 aliphatic heterocycles. The second-order valence-corrected chi connectivity index (χ2v) is 6.59. The molecule has 0 saturated heterocycles. The van der Waals surface area contributed by atoms with Crippen molar-refractivity contribution in [2.24, 2.45) is 5.73 Å². The van der Waals surface area contributed by atoms with Crippen molar-refractivity contribution < 1.29 is 10.2 Å². The Balaban J connectivity index is 2.61. The average Bonchev–Trinajstić information content (AvgIpc) is 2.47. The fraction of sp³-hybridized carbons (Fsp3) is 0.429. The van der Waals surface area contributed by atoms with E-state index in [0.717, 1.165) is 18.7 Å². The summed E-state index contributed by atoms with van der Waals surface area (Å²) < 4.78 is 1.70. The van der Waals surface area contributed by atoms with Gasteiger partial charge in [-0.3, -0.25) is 0 Å². The van der Waals surface area contributed by atoms with Gasteiger partial charge in [0, 0.05) is 11.1 Å². The maximum absolute atomic E-state index is 9.64. The maximum atomic E-state index is 9.64. The molecule has 13 heavy (non-hydrogen) atoms. The number of thiophene rings is 1. The number of nitrogens with two attached hydrogens (primary N) is 1. The zero-order chi connectivity index (χ0) is 9.75. The quantitative estimate of drug-likeness (QED) is 0.679. The minimum Gasteiger partial charge on any atom is -0.388 e. The highest BCUT2D eigenvalue weighted by Gasteiger charge is 2.41. The van der Waals surface area contributed by atoms with Gasteiger partial charge >= 0.3 is 0 Å². The first-order valence-corrected chi connectivity index (χ1v) is 6.03. The zero-order valence-corrected chi connectivity index (χ0v) is 10.4. The highest BCUT2D eigenvalue weighted by atomic mass is 79.9. The highest BCUT2D eigenvalue weighted by molar-refractivity contribution is 9.12. The third-order valence-electron chi connectivity index (χ3n) is 2.21. The predicted molar refractivity (Wildman–Crippen MR) is 57.6 cm³/mol. The summed E-state index contributed by atoms with van der Waals surface area (Å²) in [4.78, 5) is 0. The lowest BCUT2D eigenvalue weighted by Crippen LogP contribution is -2.24. The first-order chi connectivity index (χ1) is 6.04. The van der Waals surface area contributed by atoms with Crippen LogP contribution in [0.2, 0.25) is 0 Å². The Morgan fingerprint density at radius 1 is 1.15 bits per heavy atom. The van der Waals surface area contributed by atoms with Crippen LogP contribution in [0.5, 0.6) is 0 Å². The third kappa shape index (κ3) is 1.32. The fourth-order valence-electron chi connectivity index (χ4n) is 1.52. The molecule has 3 atom stereocenters. The van der Waals surface area contributed by atoms with Gasteiger partial charge in [0.15, 0.2) is 0 Å². The molecule has 1 aliphatic rings. The Morgan fingerprint density at radius 3 is 2.23 bits per heavy atom. The van der Waals surface area contributed by atoms with Crippen LogP contribution in [-0.2, 0) is 0 Å². The van der Waals surface area contributed by atoms with E-state index in [-0.39, 0.29) is 0 Å². The van der Waals surface area contributed by atoms with Gasteiger partial charge in [-0.1, -0.05) is 0 Å². The number of rotatable bonds is 0. The molecule has 0 aromatic carbocycles. The van der Waals surface area contributed by atoms with Crippen molar-refractivity contribution in [2.75, 3.05) is 0 Å². The second kappa shape index (κ2) is 3.29. The molecule has 1 aromatic heterocycles. The number of fused-ring (bicyclic) bond motifs is 1. The summed E-state index contributed by atoms with van der Waals surface area (Å²) >= 11 is 8.14. The standard InChI is InChI=1S/C7H7Br2NO2S/c8-6-1-2(7(9)13-6)4(11)5(12)3(1)10/h3-5,11-12H,10H2/t3-,4+,5-/m1/s1. The van der Waals surface area contributed by atoms with E-state index in [0.29, 0.717) is 0 Å². The van der Waals surface area contributed by atoms with Gasteiger partial charge in [0.05, 0.1) is 13.6 Å². The molecular weight excluding hydrogens is 322 g/mol. The first-order valence-electron chi connectivity index (χ1n) is 3.63. The molecule has 3 nitrogen and oxygen atoms in total. The van der Waals surface area contributed by atoms with Gasteiger partial charge in [0.2, 0.25) is 0 Å². The minimum atomic E-state index is -0.897. The number of hydrogen-bond donors (Lipinski definition) is 3. The van der Waals surface area contributed by atoms with Crippen molar-refractivity contribution in [1.82, 2.24) is 0 Å². The van der Waals surface area contributed by atoms with Crippen LogP contribution in [0.3, 0.4) is 0 Å². The number of aliphatic hydroxyl groups is 2. The molecule has 0 spiro atoms. The van der Waals surface area contributed by atoms with E-state index in [2.05, 4.69) is 31.9 Å². The number of hydrogen-bond acceptors (Lipinski definition) is 4. The van der Waals surface area contributed by atoms with E-state index in [9.17, 15) is 10.2 Å². The molecule has 0 amide bonds. The van der Waals surface area contributed by atoms with Crippen LogP contribution >= 0.6 is 43.2 Å². The SMILES string of the molecule is N[C@@H]1c2c(Br)sc(Br)c2[C@H](O)[C@@H]1O. The smallest absolute Gasteiger partial charge is 0.109 e. The Kier molecular flexibility index (Phi) is 2.55. The van der Waals surface area contributed by atoms with Gasteiger partial charge in [-0.25, -0.2) is 0 Å². The van der Waals surface area contributed by atoms with Crippen molar-refractivity contribution in [3.8, 4) is 0 Å². The lowest BCUT2D eigenvalue weighted by Gasteiger charge is -2.12. The molecule has 1 aromatic rings. The molecule has 4 N–H and O–H groups in total. The van der Waals surface area contributed by atoms with Crippen LogP contribution in [0.25, 0.3) is 0 Å². The maximum Gasteiger partial charge on any atom is 0.109 e. The largest absolute Gasteiger partial charge is 0.388 e. The topological polar surface area (TPSA) is 66.5 Å². The molecule has 0 radical (unpaired) electrons. The highest BCUT2D eigenvalue weighted by Crippen LogP contribution is 2.49. The van der Waals surface area contributed by atoms with Gasteiger partial charge < -0.3 is 15.9 Å². The third-order valence-corrected chi connectivity index (χ3v) is 4.84. The predicted octanol–water partition coefficient (Wildman–Crippen LogP) is 1.68. The van der Waals surface area contributed by atoms with Crippen molar-refractivity contribution in [1.29, 1.82) is 0 Å². The van der Waals surface area contributed by atoms with E-state index in [1.54, 1.807) is 0 Å². The minimum absolute atomic E-state index is 0.498. The summed E-state index contributed by atoms with van der Waals surface area (Å²) in [5, 5.41) is 19.2. The molecule has 72 valence electrons. The van der Waals surface area contributed by atoms with Crippen LogP contribution in [0.15, 0.2) is 7.57 Å². The Hall–Kier alpha value is 0.540. The van der Waals surface area contributed by atoms with Crippen LogP contribution in [-0.4, -0.2) is 16.3 Å². The fourth-order valence-corrected chi connectivity index (χ4v) is 4.93. The molecule has 0 bridgehead atoms. The van der Waals surface area contributed by atoms with Gasteiger partial charge in [-0.15, -0.1) is 11.3 Å². The van der Waals surface area contributed by atoms with Gasteiger partial charge in [0.1, 0.15) is 12.2 Å². The Bertz CT molecular complexity index is 324. The molecule has 0 saturated carbocycles. The van der Waals surface area contributed by atoms with Crippen molar-refractivity contribution >= 4 is 43.2 Å². The van der Waals surface area contributed by atoms with Crippen LogP contribution in [0.1, 0.15) is 23.3 Å². The lowest BCUT2D eigenvalue weighted by atomic mass is 10.2. The van der Waals surface area contributed by atoms with Gasteiger partial charge in [-0.05, 0) is 31.9 Å². The molecule has 2 rings (SSSR count). The van der Waals surface area contributed by atoms with E-state index in [1.165, 1.54) is 11.3 Å². The molecule has 0 unspecified atom stereocenters. The summed E-state index contributed by atoms with van der Waals surface area (Å²) in [6.45, 7) is 0. The van der Waals surface area contributed by atoms with E-state index in [1.807, 2.05) is 0 Å². The van der Waals surface area contributed by atoms with Crippen molar-refractivity contribution in [3.05, 3.63) is 18.7 Å². The summed E-state index contributed by atoms with van der Waals surface area (Å²) in [5.74, 6) is 0. The van der Waals surface area contributed by atoms with Crippen LogP contribution < -0.4 is 5.73 Å². The normalized spacial score (nSPS) is 32.2. The van der Waals surface area contributed by atoms with Gasteiger partial charge in [0.25, 0.3) is 0 Å². The summed E-state index contributed by atoms with van der Waals surface area (Å²) in [5.41, 5.74) is 7.28. The molecular formula is C7H7Br2NO2S. The Morgan fingerprint density at radius 2 is 1.69 bits per heavy atom. The Labute approximate surface area is 95.8 Å². The summed E-state index contributed by atoms with van der Waals surface area (Å²) in [6.07, 6.45) is -1.77. The van der Waals surface area contributed by atoms with E-state index in [4.69, 9.17) is 5.73 Å². The monoisotopic (exact) mass is 327 g/mol. The molecule has 1 heterocycles. The first kappa shape index (κ1) is 10.1. The summed E-state index contributed by atoms with van der Waals surface area (Å²) in [7, 11) is 0. The van der Waals surface area contributed by atoms with Crippen LogP contribution in [0, 0.1) is 0 Å². The van der Waals surface area contributed by atoms with Gasteiger partial charge in [-0.2, -0.15) is 0 Å². The zero-order valence-electron chi connectivity index (χ0n) is 6.37. The molecule has 6 heteroatoms. The number of halogens is 2. The average molecular weight is 329 g/mol. The second-order valence-electron chi connectivity index (χ2n) is 2.94. The molecule has 0 fully saturated rings. The lowest BCUT2D eigenvalue weighted by molar-refractivity contribution is 0.0178. The van der Waals surface area contributed by atoms with Crippen molar-refractivity contribution in [3.63, 3.8) is 0 Å². The molecule has 1 aliphatic carbocycles. The summed E-state index contributed by atoms with van der Waals surface area (Å²) in [6, 6.07) is -0.498. The van der Waals surface area contributed by atoms with E-state index < -0.39 is 18.2 Å². The number of aliphatic hydroxyl groups excluding tert-OH is 2. The van der Waals surface area contributed by atoms with Crippen LogP contribution in [0.4, 0.5) is 0 Å². The van der Waals surface area contributed by atoms with E-state index >= 15 is 0 Å².